The molecule has 0 unspecified atom stereocenters. The zero-order valence-electron chi connectivity index (χ0n) is 7.61. The third-order valence-electron chi connectivity index (χ3n) is 2.05. The minimum absolute atomic E-state index is 0.0686. The predicted octanol–water partition coefficient (Wildman–Crippen LogP) is 1.97. The lowest BCUT2D eigenvalue weighted by Crippen LogP contribution is -2.16. The van der Waals surface area contributed by atoms with Crippen molar-refractivity contribution in [3.63, 3.8) is 0 Å². The predicted molar refractivity (Wildman–Crippen MR) is 58.2 cm³/mol. The summed E-state index contributed by atoms with van der Waals surface area (Å²) in [5, 5.41) is 8.70. The molecular weight excluding hydrogens is 246 g/mol. The number of nitrogens with two attached hydrogens (primary N) is 1. The molecule has 0 aromatic heterocycles. The van der Waals surface area contributed by atoms with Crippen LogP contribution in [0.2, 0.25) is 0 Å². The van der Waals surface area contributed by atoms with E-state index in [-0.39, 0.29) is 12.3 Å². The van der Waals surface area contributed by atoms with E-state index in [1.807, 2.05) is 24.3 Å². The van der Waals surface area contributed by atoms with E-state index in [0.717, 1.165) is 10.0 Å². The first kappa shape index (κ1) is 11.2. The molecule has 0 saturated carbocycles. The van der Waals surface area contributed by atoms with Gasteiger partial charge in [-0.1, -0.05) is 34.1 Å². The van der Waals surface area contributed by atoms with Gasteiger partial charge < -0.3 is 10.8 Å². The quantitative estimate of drug-likeness (QED) is 0.867. The molecule has 0 fully saturated rings. The highest BCUT2D eigenvalue weighted by atomic mass is 79.9. The molecular formula is C10H12BrNO2. The van der Waals surface area contributed by atoms with Gasteiger partial charge in [-0.25, -0.2) is 0 Å². The molecule has 4 heteroatoms. The molecule has 14 heavy (non-hydrogen) atoms. The van der Waals surface area contributed by atoms with Crippen LogP contribution in [0.25, 0.3) is 0 Å². The standard InChI is InChI=1S/C10H12BrNO2/c11-9-4-2-1-3-8(9)7(6-12)5-10(13)14/h1-4,7H,5-6,12H2,(H,13,14)/t7-/m1/s1. The maximum atomic E-state index is 10.6. The molecule has 0 radical (unpaired) electrons. The Morgan fingerprint density at radius 3 is 2.64 bits per heavy atom. The molecule has 1 atom stereocenters. The van der Waals surface area contributed by atoms with Crippen LogP contribution in [0.3, 0.4) is 0 Å². The number of carboxylic acid groups (broad SMARTS) is 1. The minimum atomic E-state index is -0.823. The summed E-state index contributed by atoms with van der Waals surface area (Å²) >= 11 is 3.38. The van der Waals surface area contributed by atoms with Crippen molar-refractivity contribution in [3.8, 4) is 0 Å². The second-order valence-electron chi connectivity index (χ2n) is 3.05. The van der Waals surface area contributed by atoms with Crippen molar-refractivity contribution >= 4 is 21.9 Å². The molecule has 0 amide bonds. The maximum absolute atomic E-state index is 10.6. The third-order valence-corrected chi connectivity index (χ3v) is 2.77. The van der Waals surface area contributed by atoms with E-state index in [2.05, 4.69) is 15.9 Å². The lowest BCUT2D eigenvalue weighted by atomic mass is 9.96. The smallest absolute Gasteiger partial charge is 0.304 e. The Hall–Kier alpha value is -0.870. The van der Waals surface area contributed by atoms with Crippen LogP contribution in [0.15, 0.2) is 28.7 Å². The Kier molecular flexibility index (Phi) is 4.10. The SMILES string of the molecule is NC[C@@H](CC(=O)O)c1ccccc1Br. The van der Waals surface area contributed by atoms with E-state index in [1.54, 1.807) is 0 Å². The largest absolute Gasteiger partial charge is 0.481 e. The first-order chi connectivity index (χ1) is 6.65. The van der Waals surface area contributed by atoms with Crippen LogP contribution in [0.1, 0.15) is 17.9 Å². The first-order valence-corrected chi connectivity index (χ1v) is 5.10. The molecule has 0 aliphatic carbocycles. The summed E-state index contributed by atoms with van der Waals surface area (Å²) in [5.74, 6) is -0.945. The van der Waals surface area contributed by atoms with Gasteiger partial charge in [0.2, 0.25) is 0 Å². The third kappa shape index (κ3) is 2.82. The highest BCUT2D eigenvalue weighted by Gasteiger charge is 2.15. The van der Waals surface area contributed by atoms with Crippen LogP contribution in [0.5, 0.6) is 0 Å². The summed E-state index contributed by atoms with van der Waals surface area (Å²) in [5.41, 5.74) is 6.49. The summed E-state index contributed by atoms with van der Waals surface area (Å²) in [6.45, 7) is 0.342. The van der Waals surface area contributed by atoms with Crippen LogP contribution in [0, 0.1) is 0 Å². The number of hydrogen-bond acceptors (Lipinski definition) is 2. The Morgan fingerprint density at radius 1 is 1.50 bits per heavy atom. The second kappa shape index (κ2) is 5.12. The van der Waals surface area contributed by atoms with Gasteiger partial charge >= 0.3 is 5.97 Å². The molecule has 0 spiro atoms. The van der Waals surface area contributed by atoms with Gasteiger partial charge in [-0.2, -0.15) is 0 Å². The Balaban J connectivity index is 2.89. The van der Waals surface area contributed by atoms with Crippen molar-refractivity contribution in [1.82, 2.24) is 0 Å². The molecule has 1 aromatic carbocycles. The van der Waals surface area contributed by atoms with Gasteiger partial charge in [-0.15, -0.1) is 0 Å². The van der Waals surface area contributed by atoms with Crippen LogP contribution >= 0.6 is 15.9 Å². The van der Waals surface area contributed by atoms with E-state index in [0.29, 0.717) is 6.54 Å². The molecule has 0 aliphatic rings. The van der Waals surface area contributed by atoms with Crippen LogP contribution in [-0.4, -0.2) is 17.6 Å². The molecule has 76 valence electrons. The van der Waals surface area contributed by atoms with Crippen molar-refractivity contribution in [2.45, 2.75) is 12.3 Å². The molecule has 3 nitrogen and oxygen atoms in total. The van der Waals surface area contributed by atoms with Crippen molar-refractivity contribution in [3.05, 3.63) is 34.3 Å². The lowest BCUT2D eigenvalue weighted by molar-refractivity contribution is -0.137. The monoisotopic (exact) mass is 257 g/mol. The van der Waals surface area contributed by atoms with Crippen LogP contribution in [0.4, 0.5) is 0 Å². The summed E-state index contributed by atoms with van der Waals surface area (Å²) in [7, 11) is 0. The van der Waals surface area contributed by atoms with Gasteiger partial charge in [-0.3, -0.25) is 4.79 Å². The highest BCUT2D eigenvalue weighted by molar-refractivity contribution is 9.10. The minimum Gasteiger partial charge on any atom is -0.481 e. The number of carbonyl (C=O) groups is 1. The van der Waals surface area contributed by atoms with Gasteiger partial charge in [0.05, 0.1) is 6.42 Å². The van der Waals surface area contributed by atoms with Crippen molar-refractivity contribution in [1.29, 1.82) is 0 Å². The van der Waals surface area contributed by atoms with E-state index in [4.69, 9.17) is 10.8 Å². The fraction of sp³-hybridized carbons (Fsp3) is 0.300. The summed E-state index contributed by atoms with van der Waals surface area (Å²) in [4.78, 5) is 10.6. The number of rotatable bonds is 4. The summed E-state index contributed by atoms with van der Waals surface area (Å²) in [6.07, 6.45) is 0.0686. The number of aliphatic carboxylic acids is 1. The molecule has 3 N–H and O–H groups in total. The normalized spacial score (nSPS) is 12.4. The number of hydrogen-bond donors (Lipinski definition) is 2. The highest BCUT2D eigenvalue weighted by Crippen LogP contribution is 2.26. The average molecular weight is 258 g/mol. The Morgan fingerprint density at radius 2 is 2.14 bits per heavy atom. The maximum Gasteiger partial charge on any atom is 0.304 e. The fourth-order valence-corrected chi connectivity index (χ4v) is 1.95. The van der Waals surface area contributed by atoms with Gasteiger partial charge in [0.25, 0.3) is 0 Å². The van der Waals surface area contributed by atoms with Gasteiger partial charge in [0.15, 0.2) is 0 Å². The van der Waals surface area contributed by atoms with Crippen LogP contribution in [-0.2, 0) is 4.79 Å². The van der Waals surface area contributed by atoms with Crippen molar-refractivity contribution in [2.75, 3.05) is 6.54 Å². The molecule has 1 rings (SSSR count). The van der Waals surface area contributed by atoms with E-state index in [9.17, 15) is 4.79 Å². The van der Waals surface area contributed by atoms with Gasteiger partial charge in [0, 0.05) is 10.4 Å². The lowest BCUT2D eigenvalue weighted by Gasteiger charge is -2.14. The van der Waals surface area contributed by atoms with Crippen molar-refractivity contribution < 1.29 is 9.90 Å². The van der Waals surface area contributed by atoms with Crippen LogP contribution < -0.4 is 5.73 Å². The van der Waals surface area contributed by atoms with Gasteiger partial charge in [-0.05, 0) is 18.2 Å². The number of halogens is 1. The summed E-state index contributed by atoms with van der Waals surface area (Å²) < 4.78 is 0.914. The van der Waals surface area contributed by atoms with E-state index in [1.165, 1.54) is 0 Å². The average Bonchev–Trinajstić information content (AvgIpc) is 2.15. The molecule has 0 saturated heterocycles. The molecule has 0 heterocycles. The van der Waals surface area contributed by atoms with E-state index < -0.39 is 5.97 Å². The Labute approximate surface area is 91.1 Å². The molecule has 0 bridgehead atoms. The first-order valence-electron chi connectivity index (χ1n) is 4.31. The Bertz CT molecular complexity index is 328. The number of carboxylic acids is 1. The topological polar surface area (TPSA) is 63.3 Å². The van der Waals surface area contributed by atoms with Gasteiger partial charge in [0.1, 0.15) is 0 Å². The van der Waals surface area contributed by atoms with Crippen molar-refractivity contribution in [2.24, 2.45) is 5.73 Å². The molecule has 1 aromatic rings. The van der Waals surface area contributed by atoms with E-state index >= 15 is 0 Å². The summed E-state index contributed by atoms with van der Waals surface area (Å²) in [6, 6.07) is 7.55. The fourth-order valence-electron chi connectivity index (χ4n) is 1.34. The number of benzene rings is 1. The zero-order valence-corrected chi connectivity index (χ0v) is 9.20. The zero-order chi connectivity index (χ0) is 10.6. The molecule has 0 aliphatic heterocycles. The second-order valence-corrected chi connectivity index (χ2v) is 3.91.